The smallest absolute Gasteiger partial charge is 0.320 e. The van der Waals surface area contributed by atoms with Crippen molar-refractivity contribution in [2.45, 2.75) is 46.2 Å². The van der Waals surface area contributed by atoms with Crippen molar-refractivity contribution >= 4 is 5.97 Å². The molecule has 0 aliphatic rings. The molecule has 3 heteroatoms. The van der Waals surface area contributed by atoms with Crippen molar-refractivity contribution in [3.8, 4) is 0 Å². The van der Waals surface area contributed by atoms with E-state index in [9.17, 15) is 4.79 Å². The van der Waals surface area contributed by atoms with Crippen LogP contribution in [-0.2, 0) is 4.79 Å². The Morgan fingerprint density at radius 3 is 2.17 bits per heavy atom. The second-order valence-corrected chi connectivity index (χ2v) is 3.35. The summed E-state index contributed by atoms with van der Waals surface area (Å²) in [5.41, 5.74) is 0. The molecule has 0 aliphatic heterocycles. The highest BCUT2D eigenvalue weighted by Gasteiger charge is 2.21. The maximum atomic E-state index is 10.7. The summed E-state index contributed by atoms with van der Waals surface area (Å²) in [6.45, 7) is 8.69. The van der Waals surface area contributed by atoms with Gasteiger partial charge in [-0.2, -0.15) is 0 Å². The van der Waals surface area contributed by atoms with Crippen molar-refractivity contribution in [2.75, 3.05) is 6.54 Å². The van der Waals surface area contributed by atoms with Crippen molar-refractivity contribution < 1.29 is 9.90 Å². The molecule has 0 saturated carbocycles. The minimum absolute atomic E-state index is 0.302. The maximum absolute atomic E-state index is 10.7. The van der Waals surface area contributed by atoms with Gasteiger partial charge in [-0.3, -0.25) is 9.69 Å². The number of rotatable bonds is 5. The normalized spacial score (nSPS) is 13.8. The second kappa shape index (κ2) is 5.14. The van der Waals surface area contributed by atoms with Gasteiger partial charge >= 0.3 is 5.97 Å². The molecular formula is C9H19NO2. The second-order valence-electron chi connectivity index (χ2n) is 3.35. The van der Waals surface area contributed by atoms with Crippen molar-refractivity contribution in [3.63, 3.8) is 0 Å². The summed E-state index contributed by atoms with van der Waals surface area (Å²) in [5.74, 6) is -0.739. The summed E-state index contributed by atoms with van der Waals surface area (Å²) in [5, 5.41) is 8.79. The van der Waals surface area contributed by atoms with E-state index in [1.807, 2.05) is 18.7 Å². The maximum Gasteiger partial charge on any atom is 0.320 e. The number of hydrogen-bond donors (Lipinski definition) is 1. The monoisotopic (exact) mass is 173 g/mol. The minimum atomic E-state index is -0.739. The average molecular weight is 173 g/mol. The van der Waals surface area contributed by atoms with Crippen LogP contribution in [0.15, 0.2) is 0 Å². The van der Waals surface area contributed by atoms with E-state index in [0.29, 0.717) is 6.04 Å². The van der Waals surface area contributed by atoms with E-state index < -0.39 is 5.97 Å². The summed E-state index contributed by atoms with van der Waals surface area (Å²) in [4.78, 5) is 12.7. The van der Waals surface area contributed by atoms with Crippen LogP contribution in [0.4, 0.5) is 0 Å². The fourth-order valence-electron chi connectivity index (χ4n) is 1.30. The Kier molecular flexibility index (Phi) is 4.90. The summed E-state index contributed by atoms with van der Waals surface area (Å²) in [6, 6.07) is -0.0685. The van der Waals surface area contributed by atoms with Crippen molar-refractivity contribution in [1.82, 2.24) is 4.90 Å². The lowest BCUT2D eigenvalue weighted by molar-refractivity contribution is -0.143. The van der Waals surface area contributed by atoms with Crippen LogP contribution in [0.2, 0.25) is 0 Å². The minimum Gasteiger partial charge on any atom is -0.480 e. The standard InChI is InChI=1S/C9H19NO2/c1-5-6-10(7(2)3)8(4)9(11)12/h7-8H,5-6H2,1-4H3,(H,11,12)/t8-/m0/s1. The van der Waals surface area contributed by atoms with Crippen molar-refractivity contribution in [1.29, 1.82) is 0 Å². The molecule has 0 fully saturated rings. The van der Waals surface area contributed by atoms with Crippen LogP contribution in [0.1, 0.15) is 34.1 Å². The van der Waals surface area contributed by atoms with E-state index in [2.05, 4.69) is 6.92 Å². The topological polar surface area (TPSA) is 40.5 Å². The highest BCUT2D eigenvalue weighted by Crippen LogP contribution is 2.06. The van der Waals surface area contributed by atoms with Gasteiger partial charge in [-0.15, -0.1) is 0 Å². The lowest BCUT2D eigenvalue weighted by Gasteiger charge is -2.29. The Bertz CT molecular complexity index is 145. The van der Waals surface area contributed by atoms with Gasteiger partial charge in [0.15, 0.2) is 0 Å². The van der Waals surface area contributed by atoms with Gasteiger partial charge in [-0.05, 0) is 33.7 Å². The van der Waals surface area contributed by atoms with E-state index in [1.165, 1.54) is 0 Å². The number of carboxylic acids is 1. The SMILES string of the molecule is CCCN(C(C)C)[C@@H](C)C(=O)O. The molecule has 0 amide bonds. The zero-order chi connectivity index (χ0) is 9.72. The molecule has 0 aromatic carbocycles. The molecule has 1 atom stereocenters. The van der Waals surface area contributed by atoms with Crippen LogP contribution in [0, 0.1) is 0 Å². The van der Waals surface area contributed by atoms with Crippen LogP contribution >= 0.6 is 0 Å². The van der Waals surface area contributed by atoms with E-state index in [1.54, 1.807) is 6.92 Å². The highest BCUT2D eigenvalue weighted by molar-refractivity contribution is 5.72. The predicted octanol–water partition coefficient (Wildman–Crippen LogP) is 1.58. The zero-order valence-corrected chi connectivity index (χ0v) is 8.37. The van der Waals surface area contributed by atoms with Crippen LogP contribution in [0.25, 0.3) is 0 Å². The van der Waals surface area contributed by atoms with Crippen LogP contribution in [-0.4, -0.2) is 34.6 Å². The third kappa shape index (κ3) is 3.22. The van der Waals surface area contributed by atoms with Crippen LogP contribution < -0.4 is 0 Å². The molecule has 0 rings (SSSR count). The third-order valence-electron chi connectivity index (χ3n) is 2.00. The molecule has 0 unspecified atom stereocenters. The van der Waals surface area contributed by atoms with Crippen molar-refractivity contribution in [2.24, 2.45) is 0 Å². The summed E-state index contributed by atoms with van der Waals surface area (Å²) in [6.07, 6.45) is 0.996. The Labute approximate surface area is 74.4 Å². The summed E-state index contributed by atoms with van der Waals surface area (Å²) in [7, 11) is 0. The molecule has 0 heterocycles. The first-order valence-corrected chi connectivity index (χ1v) is 4.49. The van der Waals surface area contributed by atoms with Gasteiger partial charge in [-0.25, -0.2) is 0 Å². The van der Waals surface area contributed by atoms with Gasteiger partial charge in [0.25, 0.3) is 0 Å². The summed E-state index contributed by atoms with van der Waals surface area (Å²) < 4.78 is 0. The van der Waals surface area contributed by atoms with E-state index >= 15 is 0 Å². The number of hydrogen-bond acceptors (Lipinski definition) is 2. The summed E-state index contributed by atoms with van der Waals surface area (Å²) >= 11 is 0. The first kappa shape index (κ1) is 11.4. The molecule has 1 N–H and O–H groups in total. The fourth-order valence-corrected chi connectivity index (χ4v) is 1.30. The zero-order valence-electron chi connectivity index (χ0n) is 8.37. The van der Waals surface area contributed by atoms with E-state index in [0.717, 1.165) is 13.0 Å². The Hall–Kier alpha value is -0.570. The van der Waals surface area contributed by atoms with E-state index in [-0.39, 0.29) is 6.04 Å². The van der Waals surface area contributed by atoms with Gasteiger partial charge in [-0.1, -0.05) is 6.92 Å². The molecule has 72 valence electrons. The van der Waals surface area contributed by atoms with Crippen LogP contribution in [0.5, 0.6) is 0 Å². The molecule has 0 aromatic heterocycles. The molecule has 0 saturated heterocycles. The van der Waals surface area contributed by atoms with Gasteiger partial charge in [0.2, 0.25) is 0 Å². The molecule has 0 aliphatic carbocycles. The highest BCUT2D eigenvalue weighted by atomic mass is 16.4. The Morgan fingerprint density at radius 2 is 1.92 bits per heavy atom. The van der Waals surface area contributed by atoms with Crippen molar-refractivity contribution in [3.05, 3.63) is 0 Å². The lowest BCUT2D eigenvalue weighted by Crippen LogP contribution is -2.43. The molecule has 0 radical (unpaired) electrons. The fraction of sp³-hybridized carbons (Fsp3) is 0.889. The number of aliphatic carboxylic acids is 1. The van der Waals surface area contributed by atoms with Gasteiger partial charge < -0.3 is 5.11 Å². The quantitative estimate of drug-likeness (QED) is 0.686. The van der Waals surface area contributed by atoms with Gasteiger partial charge in [0.1, 0.15) is 6.04 Å². The molecule has 3 nitrogen and oxygen atoms in total. The van der Waals surface area contributed by atoms with Gasteiger partial charge in [0.05, 0.1) is 0 Å². The molecule has 0 spiro atoms. The predicted molar refractivity (Wildman–Crippen MR) is 49.2 cm³/mol. The molecule has 0 bridgehead atoms. The van der Waals surface area contributed by atoms with E-state index in [4.69, 9.17) is 5.11 Å². The number of carboxylic acid groups (broad SMARTS) is 1. The number of carbonyl (C=O) groups is 1. The Balaban J connectivity index is 4.18. The number of nitrogens with zero attached hydrogens (tertiary/aromatic N) is 1. The molecular weight excluding hydrogens is 154 g/mol. The molecule has 0 aromatic rings. The third-order valence-corrected chi connectivity index (χ3v) is 2.00. The first-order valence-electron chi connectivity index (χ1n) is 4.49. The lowest BCUT2D eigenvalue weighted by atomic mass is 10.2. The Morgan fingerprint density at radius 1 is 1.42 bits per heavy atom. The van der Waals surface area contributed by atoms with Crippen LogP contribution in [0.3, 0.4) is 0 Å². The molecule has 12 heavy (non-hydrogen) atoms. The average Bonchev–Trinajstić information content (AvgIpc) is 1.98. The largest absolute Gasteiger partial charge is 0.480 e. The van der Waals surface area contributed by atoms with Gasteiger partial charge in [0, 0.05) is 6.04 Å². The first-order chi connectivity index (χ1) is 5.50.